The summed E-state index contributed by atoms with van der Waals surface area (Å²) in [6.45, 7) is 4.00. The van der Waals surface area contributed by atoms with Crippen molar-refractivity contribution in [2.24, 2.45) is 0 Å². The molecule has 16 aromatic carbocycles. The molecule has 30 nitrogen and oxygen atoms in total. The van der Waals surface area contributed by atoms with Crippen LogP contribution in [0.3, 0.4) is 0 Å². The SMILES string of the molecule is COc1cccc(-c2nnc(-c3cccc(CO)c3)o2)c1.Cc1ccc(C(=O)c2ccc(C)cc2)cc1.O=C(c1ccccc1)c1ccccc1.O=C1c2cc([N+](=O)[O-])cc([N+](=O)[O-])c2-c2c1cc([N+](=O)[O-])cc2[N+](=O)[O-].O=C1c2ccccc2-c2ccccc21.O=C1c2ccccc2C(=O)c2c(O)cccc21.O=C1c2ccccc2C(=O)c2c1ccc(O)c2O.O=C1c2ccccc2C(=O)c2ccccc21. The summed E-state index contributed by atoms with van der Waals surface area (Å²) in [6.07, 6.45) is 0. The van der Waals surface area contributed by atoms with Crippen LogP contribution in [-0.2, 0) is 6.61 Å². The molecule has 0 amide bonds. The monoisotopic (exact) mass is 1890 g/mol. The molecule has 22 rings (SSSR count). The average molecular weight is 1890 g/mol. The van der Waals surface area contributed by atoms with Crippen LogP contribution in [0.5, 0.6) is 23.0 Å². The summed E-state index contributed by atoms with van der Waals surface area (Å²) in [4.78, 5) is 162. The molecule has 0 saturated carbocycles. The number of aryl methyl sites for hydroxylation is 2. The molecule has 30 heteroatoms. The van der Waals surface area contributed by atoms with Gasteiger partial charge < -0.3 is 29.6 Å². The fourth-order valence-corrected chi connectivity index (χ4v) is 16.0. The number of aromatic hydroxyl groups is 3. The lowest BCUT2D eigenvalue weighted by Gasteiger charge is -2.18. The number of ketones is 10. The molecule has 1 heterocycles. The molecule has 0 unspecified atom stereocenters. The molecule has 5 aliphatic rings. The number of hydrogen-bond donors (Lipinski definition) is 4. The maximum absolute atomic E-state index is 12.5. The minimum atomic E-state index is -1.01. The van der Waals surface area contributed by atoms with Crippen LogP contribution in [0.25, 0.3) is 45.2 Å². The first kappa shape index (κ1) is 96.7. The van der Waals surface area contributed by atoms with Gasteiger partial charge in [0, 0.05) is 123 Å². The van der Waals surface area contributed by atoms with Gasteiger partial charge in [0.25, 0.3) is 22.7 Å². The van der Waals surface area contributed by atoms with Crippen molar-refractivity contribution in [3.63, 3.8) is 0 Å². The van der Waals surface area contributed by atoms with Gasteiger partial charge in [-0.2, -0.15) is 0 Å². The topological polar surface area (TPSA) is 472 Å². The molecule has 4 N–H and O–H groups in total. The molecule has 696 valence electrons. The highest BCUT2D eigenvalue weighted by atomic mass is 16.6. The van der Waals surface area contributed by atoms with Gasteiger partial charge in [0.2, 0.25) is 11.8 Å². The summed E-state index contributed by atoms with van der Waals surface area (Å²) < 4.78 is 10.9. The molecule has 0 spiro atoms. The first-order valence-corrected chi connectivity index (χ1v) is 43.2. The van der Waals surface area contributed by atoms with Gasteiger partial charge >= 0.3 is 0 Å². The number of non-ortho nitro benzene ring substituents is 2. The normalized spacial score (nSPS) is 11.7. The van der Waals surface area contributed by atoms with E-state index in [9.17, 15) is 104 Å². The number of aromatic nitrogens is 2. The smallest absolute Gasteiger partial charge is 0.285 e. The Labute approximate surface area is 805 Å². The van der Waals surface area contributed by atoms with Crippen molar-refractivity contribution < 1.29 is 97.2 Å². The molecule has 5 aliphatic carbocycles. The Morgan fingerprint density at radius 3 is 0.979 bits per heavy atom. The lowest BCUT2D eigenvalue weighted by molar-refractivity contribution is -0.395. The van der Waals surface area contributed by atoms with Gasteiger partial charge in [0.1, 0.15) is 11.5 Å². The standard InChI is InChI=1S/C16H14N2O3.C15H14O.C14H8O4.C14H8O3.C14H8O2.C13H4N4O9.C13H8O.C13H10O/c1-20-14-7-3-6-13(9-14)16-18-17-15(21-16)12-5-2-4-11(8-12)10-19;1-11-3-7-13(8-4-11)15(16)14-9-5-12(2)6-10-14;15-10-6-5-9-11(14(10)18)13(17)8-4-2-1-3-7(8)12(9)16;15-11-7-3-6-10-12(11)14(17)9-5-2-1-4-8(9)13(10)16;15-13-9-5-1-2-6-10(9)14(16)12-8-4-3-7-11(12)13;18-13-7-1-5(14(19)20)3-9(16(23)24)11(7)12-8(13)2-6(15(21)22)4-10(12)17(25)26;14-13-11-7-3-1-5-9(11)10-6-2-4-8-12(10)13;14-13(11-7-3-1-4-8-11)12-9-5-2-6-10-12/h2-9,19H,10H2,1H3;3-10H,1-2H3;1-6,15,18H;1-7,15H;1-8H;1-4H;1-8H;1-10H. The predicted molar refractivity (Wildman–Crippen MR) is 521 cm³/mol. The van der Waals surface area contributed by atoms with Crippen molar-refractivity contribution in [2.75, 3.05) is 7.11 Å². The second kappa shape index (κ2) is 42.4. The third-order valence-corrected chi connectivity index (χ3v) is 23.0. The van der Waals surface area contributed by atoms with E-state index in [0.717, 1.165) is 79.1 Å². The van der Waals surface area contributed by atoms with Crippen LogP contribution in [0, 0.1) is 54.3 Å². The molecule has 0 fully saturated rings. The van der Waals surface area contributed by atoms with Gasteiger partial charge in [-0.15, -0.1) is 10.2 Å². The molecule has 17 aromatic rings. The van der Waals surface area contributed by atoms with Crippen molar-refractivity contribution in [1.29, 1.82) is 0 Å². The van der Waals surface area contributed by atoms with E-state index in [1.165, 1.54) is 35.4 Å². The molecular weight excluding hydrogens is 1810 g/mol. The molecular formula is C112H74N6O24. The van der Waals surface area contributed by atoms with Crippen molar-refractivity contribution in [3.05, 3.63) is 526 Å². The Balaban J connectivity index is 0.000000123. The second-order valence-corrected chi connectivity index (χ2v) is 31.9. The lowest BCUT2D eigenvalue weighted by Crippen LogP contribution is -2.20. The Hall–Kier alpha value is -19.9. The van der Waals surface area contributed by atoms with Gasteiger partial charge in [-0.25, -0.2) is 0 Å². The Morgan fingerprint density at radius 2 is 0.606 bits per heavy atom. The van der Waals surface area contributed by atoms with Crippen molar-refractivity contribution >= 4 is 80.6 Å². The predicted octanol–water partition coefficient (Wildman–Crippen LogP) is 21.3. The number of benzene rings is 16. The number of methoxy groups -OCH3 is 1. The number of carbonyl (C=O) groups is 10. The molecule has 0 bridgehead atoms. The number of phenolic OH excluding ortho intramolecular Hbond substituents is 3. The van der Waals surface area contributed by atoms with Crippen LogP contribution in [0.2, 0.25) is 0 Å². The molecule has 0 saturated heterocycles. The summed E-state index contributed by atoms with van der Waals surface area (Å²) in [7, 11) is 1.61. The number of carbonyl (C=O) groups excluding carboxylic acids is 10. The quantitative estimate of drug-likeness (QED) is 0.0382. The Morgan fingerprint density at radius 1 is 0.296 bits per heavy atom. The van der Waals surface area contributed by atoms with Crippen LogP contribution in [0.15, 0.2) is 362 Å². The number of fused-ring (bicyclic) bond motifs is 12. The summed E-state index contributed by atoms with van der Waals surface area (Å²) in [5.74, 6) is -1.63. The van der Waals surface area contributed by atoms with Gasteiger partial charge in [-0.1, -0.05) is 296 Å². The van der Waals surface area contributed by atoms with Gasteiger partial charge in [0.15, 0.2) is 69.3 Å². The van der Waals surface area contributed by atoms with E-state index in [1.807, 2.05) is 220 Å². The number of ether oxygens (including phenoxy) is 1. The zero-order valence-electron chi connectivity index (χ0n) is 74.9. The highest BCUT2D eigenvalue weighted by Crippen LogP contribution is 2.50. The van der Waals surface area contributed by atoms with E-state index in [-0.39, 0.29) is 86.4 Å². The van der Waals surface area contributed by atoms with E-state index < -0.39 is 87.8 Å². The number of aliphatic hydroxyl groups is 1. The Bertz CT molecular complexity index is 7640. The molecule has 1 aromatic heterocycles. The van der Waals surface area contributed by atoms with Crippen molar-refractivity contribution in [3.8, 4) is 68.2 Å². The van der Waals surface area contributed by atoms with Crippen LogP contribution in [0.4, 0.5) is 22.7 Å². The lowest BCUT2D eigenvalue weighted by atomic mass is 9.83. The number of nitrogens with zero attached hydrogens (tertiary/aromatic N) is 6. The fraction of sp³-hybridized carbons (Fsp3) is 0.0357. The number of phenols is 3. The first-order chi connectivity index (χ1) is 68.4. The highest BCUT2D eigenvalue weighted by molar-refractivity contribution is 6.32. The molecule has 0 atom stereocenters. The largest absolute Gasteiger partial charge is 0.507 e. The van der Waals surface area contributed by atoms with Crippen molar-refractivity contribution in [1.82, 2.24) is 10.2 Å². The molecule has 142 heavy (non-hydrogen) atoms. The number of nitro benzene ring substituents is 4. The highest BCUT2D eigenvalue weighted by Gasteiger charge is 2.43. The maximum Gasteiger partial charge on any atom is 0.285 e. The number of hydrogen-bond acceptors (Lipinski definition) is 26. The summed E-state index contributed by atoms with van der Waals surface area (Å²) in [5.41, 5.74) is 9.97. The number of aliphatic hydroxyl groups excluding tert-OH is 1. The average Bonchev–Trinajstić information content (AvgIpc) is 1.58. The van der Waals surface area contributed by atoms with Crippen LogP contribution in [-0.4, -0.2) is 115 Å². The molecule has 0 aliphatic heterocycles. The zero-order valence-corrected chi connectivity index (χ0v) is 74.9. The second-order valence-electron chi connectivity index (χ2n) is 31.9. The van der Waals surface area contributed by atoms with Gasteiger partial charge in [-0.05, 0) is 79.1 Å². The third-order valence-electron chi connectivity index (χ3n) is 23.0. The first-order valence-electron chi connectivity index (χ1n) is 43.2. The van der Waals surface area contributed by atoms with E-state index in [2.05, 4.69) is 10.2 Å². The van der Waals surface area contributed by atoms with Crippen LogP contribution in [0.1, 0.15) is 176 Å². The van der Waals surface area contributed by atoms with E-state index in [4.69, 9.17) is 14.3 Å². The number of nitro groups is 4. The third kappa shape index (κ3) is 20.3. The van der Waals surface area contributed by atoms with Gasteiger partial charge in [0.05, 0.1) is 67.8 Å². The zero-order chi connectivity index (χ0) is 101. The van der Waals surface area contributed by atoms with Crippen LogP contribution < -0.4 is 4.74 Å². The molecule has 0 radical (unpaired) electrons. The fourth-order valence-electron chi connectivity index (χ4n) is 16.0. The summed E-state index contributed by atoms with van der Waals surface area (Å²) in [6, 6.07) is 101. The minimum Gasteiger partial charge on any atom is -0.507 e. The minimum absolute atomic E-state index is 0.0231. The number of rotatable bonds is 12. The summed E-state index contributed by atoms with van der Waals surface area (Å²) in [5, 5.41) is 90.6. The maximum atomic E-state index is 12.5. The van der Waals surface area contributed by atoms with Gasteiger partial charge in [-0.3, -0.25) is 88.4 Å². The summed E-state index contributed by atoms with van der Waals surface area (Å²) >= 11 is 0. The van der Waals surface area contributed by atoms with E-state index in [0.29, 0.717) is 62.9 Å². The Kier molecular flexibility index (Phi) is 28.8. The van der Waals surface area contributed by atoms with E-state index >= 15 is 0 Å². The van der Waals surface area contributed by atoms with Crippen molar-refractivity contribution in [2.45, 2.75) is 20.5 Å². The van der Waals surface area contributed by atoms with E-state index in [1.54, 1.807) is 110 Å². The van der Waals surface area contributed by atoms with Crippen LogP contribution >= 0.6 is 0 Å².